The highest BCUT2D eigenvalue weighted by atomic mass is 16.5. The van der Waals surface area contributed by atoms with Gasteiger partial charge in [-0.1, -0.05) is 269 Å². The second-order valence-electron chi connectivity index (χ2n) is 20.0. The molecular weight excluding hydrogens is 815 g/mol. The monoisotopic (exact) mass is 928 g/mol. The Morgan fingerprint density at radius 1 is 0.424 bits per heavy atom. The molecule has 6 heteroatoms. The van der Waals surface area contributed by atoms with Crippen molar-refractivity contribution in [3.8, 4) is 0 Å². The summed E-state index contributed by atoms with van der Waals surface area (Å²) in [6.45, 7) is 4.86. The van der Waals surface area contributed by atoms with Gasteiger partial charge in [0.05, 0.1) is 25.4 Å². The topological polar surface area (TPSA) is 95.9 Å². The van der Waals surface area contributed by atoms with Gasteiger partial charge in [-0.2, -0.15) is 0 Å². The van der Waals surface area contributed by atoms with Gasteiger partial charge < -0.3 is 20.3 Å². The number of rotatable bonds is 54. The Balaban J connectivity index is 3.50. The van der Waals surface area contributed by atoms with E-state index in [1.54, 1.807) is 6.08 Å². The van der Waals surface area contributed by atoms with Gasteiger partial charge in [-0.3, -0.25) is 9.59 Å². The zero-order chi connectivity index (χ0) is 47.9. The second-order valence-corrected chi connectivity index (χ2v) is 20.0. The number of hydrogen-bond acceptors (Lipinski definition) is 5. The van der Waals surface area contributed by atoms with Gasteiger partial charge in [0.25, 0.3) is 0 Å². The number of aliphatic hydroxyl groups is 2. The molecule has 0 heterocycles. The molecular formula is C60H113NO5. The van der Waals surface area contributed by atoms with Crippen molar-refractivity contribution in [3.05, 3.63) is 36.5 Å². The zero-order valence-electron chi connectivity index (χ0n) is 44.2. The fourth-order valence-corrected chi connectivity index (χ4v) is 8.90. The number of allylic oxidation sites excluding steroid dienone is 5. The Hall–Kier alpha value is -1.92. The van der Waals surface area contributed by atoms with E-state index < -0.39 is 12.1 Å². The number of hydrogen-bond donors (Lipinski definition) is 3. The molecule has 0 bridgehead atoms. The normalized spacial score (nSPS) is 12.8. The van der Waals surface area contributed by atoms with E-state index >= 15 is 0 Å². The van der Waals surface area contributed by atoms with Crippen LogP contribution in [0.2, 0.25) is 0 Å². The number of ether oxygens (including phenoxy) is 1. The van der Waals surface area contributed by atoms with E-state index in [9.17, 15) is 19.8 Å². The van der Waals surface area contributed by atoms with Crippen molar-refractivity contribution in [1.82, 2.24) is 5.32 Å². The summed E-state index contributed by atoms with van der Waals surface area (Å²) in [5.74, 6) is -0.108. The van der Waals surface area contributed by atoms with Gasteiger partial charge in [0.1, 0.15) is 0 Å². The maximum Gasteiger partial charge on any atom is 0.305 e. The van der Waals surface area contributed by atoms with Crippen molar-refractivity contribution in [1.29, 1.82) is 0 Å². The first kappa shape index (κ1) is 64.1. The van der Waals surface area contributed by atoms with E-state index in [4.69, 9.17) is 4.74 Å². The minimum atomic E-state index is -0.858. The van der Waals surface area contributed by atoms with Crippen LogP contribution in [-0.2, 0) is 14.3 Å². The maximum atomic E-state index is 12.5. The third kappa shape index (κ3) is 51.5. The van der Waals surface area contributed by atoms with Crippen LogP contribution in [0.1, 0.15) is 309 Å². The molecule has 0 saturated heterocycles. The van der Waals surface area contributed by atoms with Crippen molar-refractivity contribution in [2.24, 2.45) is 0 Å². The standard InChI is InChI=1S/C60H113NO5/c1-3-5-7-9-11-13-15-17-19-21-23-24-25-27-29-32-36-40-44-48-52-58(63)57(56-62)61-59(64)53-49-45-41-37-33-31-35-39-43-47-51-55-66-60(65)54-50-46-42-38-34-30-28-26-22-20-18-16-14-12-10-8-6-4-2/h14,16,20,22,48,52,57-58,62-63H,3-13,15,17-19,21,23-47,49-51,53-56H2,1-2H3,(H,61,64)/b16-14-,22-20-,52-48+. The lowest BCUT2D eigenvalue weighted by Crippen LogP contribution is -2.45. The number of esters is 1. The van der Waals surface area contributed by atoms with Gasteiger partial charge in [-0.05, 0) is 64.2 Å². The predicted octanol–water partition coefficient (Wildman–Crippen LogP) is 18.0. The van der Waals surface area contributed by atoms with Gasteiger partial charge >= 0.3 is 5.97 Å². The van der Waals surface area contributed by atoms with Gasteiger partial charge in [0.15, 0.2) is 0 Å². The molecule has 2 unspecified atom stereocenters. The van der Waals surface area contributed by atoms with Crippen molar-refractivity contribution >= 4 is 11.9 Å². The van der Waals surface area contributed by atoms with E-state index in [0.717, 1.165) is 64.2 Å². The molecule has 3 N–H and O–H groups in total. The first-order valence-electron chi connectivity index (χ1n) is 29.3. The van der Waals surface area contributed by atoms with Crippen molar-refractivity contribution in [3.63, 3.8) is 0 Å². The summed E-state index contributed by atoms with van der Waals surface area (Å²) in [6.07, 6.45) is 68.7. The Morgan fingerprint density at radius 2 is 0.758 bits per heavy atom. The lowest BCUT2D eigenvalue weighted by atomic mass is 10.0. The number of amides is 1. The maximum absolute atomic E-state index is 12.5. The highest BCUT2D eigenvalue weighted by molar-refractivity contribution is 5.76. The van der Waals surface area contributed by atoms with E-state index in [0.29, 0.717) is 19.4 Å². The minimum Gasteiger partial charge on any atom is -0.466 e. The summed E-state index contributed by atoms with van der Waals surface area (Å²) >= 11 is 0. The van der Waals surface area contributed by atoms with Crippen LogP contribution in [-0.4, -0.2) is 47.4 Å². The third-order valence-corrected chi connectivity index (χ3v) is 13.4. The molecule has 6 nitrogen and oxygen atoms in total. The number of aliphatic hydroxyl groups excluding tert-OH is 2. The fraction of sp³-hybridized carbons (Fsp3) is 0.867. The van der Waals surface area contributed by atoms with Crippen LogP contribution in [0.3, 0.4) is 0 Å². The molecule has 1 amide bonds. The van der Waals surface area contributed by atoms with Crippen LogP contribution in [0.5, 0.6) is 0 Å². The Morgan fingerprint density at radius 3 is 1.17 bits per heavy atom. The number of unbranched alkanes of at least 4 members (excludes halogenated alkanes) is 39. The molecule has 0 spiro atoms. The van der Waals surface area contributed by atoms with Gasteiger partial charge in [0, 0.05) is 12.8 Å². The van der Waals surface area contributed by atoms with Crippen LogP contribution in [0.25, 0.3) is 0 Å². The average molecular weight is 929 g/mol. The molecule has 0 rings (SSSR count). The molecule has 0 fully saturated rings. The molecule has 0 aromatic carbocycles. The van der Waals surface area contributed by atoms with E-state index in [1.165, 1.54) is 218 Å². The summed E-state index contributed by atoms with van der Waals surface area (Å²) in [5.41, 5.74) is 0. The number of carbonyl (C=O) groups is 2. The van der Waals surface area contributed by atoms with E-state index in [2.05, 4.69) is 43.5 Å². The summed E-state index contributed by atoms with van der Waals surface area (Å²) in [6, 6.07) is -0.644. The summed E-state index contributed by atoms with van der Waals surface area (Å²) in [5, 5.41) is 23.2. The SMILES string of the molecule is CCCCCC/C=C\C/C=C\CCCCCCCCCC(=O)OCCCCCCCCCCCCCC(=O)NC(CO)C(O)/C=C/CCCCCCCCCCCCCCCCCCCC. The van der Waals surface area contributed by atoms with Gasteiger partial charge in [-0.15, -0.1) is 0 Å². The zero-order valence-corrected chi connectivity index (χ0v) is 44.2. The summed E-state index contributed by atoms with van der Waals surface area (Å²) < 4.78 is 5.47. The fourth-order valence-electron chi connectivity index (χ4n) is 8.90. The average Bonchev–Trinajstić information content (AvgIpc) is 3.32. The molecule has 388 valence electrons. The van der Waals surface area contributed by atoms with Gasteiger partial charge in [-0.25, -0.2) is 0 Å². The molecule has 0 radical (unpaired) electrons. The number of nitrogens with one attached hydrogen (secondary N) is 1. The van der Waals surface area contributed by atoms with Crippen molar-refractivity contribution in [2.45, 2.75) is 321 Å². The molecule has 0 aliphatic heterocycles. The molecule has 0 saturated carbocycles. The second kappa shape index (κ2) is 55.7. The first-order chi connectivity index (χ1) is 32.5. The molecule has 0 aliphatic rings. The van der Waals surface area contributed by atoms with Crippen LogP contribution in [0.4, 0.5) is 0 Å². The first-order valence-corrected chi connectivity index (χ1v) is 29.3. The van der Waals surface area contributed by atoms with Crippen molar-refractivity contribution < 1.29 is 24.5 Å². The smallest absolute Gasteiger partial charge is 0.305 e. The van der Waals surface area contributed by atoms with Crippen LogP contribution in [0, 0.1) is 0 Å². The third-order valence-electron chi connectivity index (χ3n) is 13.4. The molecule has 0 aromatic heterocycles. The molecule has 0 aliphatic carbocycles. The van der Waals surface area contributed by atoms with E-state index in [-0.39, 0.29) is 18.5 Å². The lowest BCUT2D eigenvalue weighted by Gasteiger charge is -2.20. The predicted molar refractivity (Wildman–Crippen MR) is 287 cm³/mol. The lowest BCUT2D eigenvalue weighted by molar-refractivity contribution is -0.143. The van der Waals surface area contributed by atoms with Crippen LogP contribution < -0.4 is 5.32 Å². The molecule has 2 atom stereocenters. The van der Waals surface area contributed by atoms with Crippen molar-refractivity contribution in [2.75, 3.05) is 13.2 Å². The molecule has 0 aromatic rings. The largest absolute Gasteiger partial charge is 0.466 e. The van der Waals surface area contributed by atoms with E-state index in [1.807, 2.05) is 6.08 Å². The highest BCUT2D eigenvalue weighted by Gasteiger charge is 2.18. The van der Waals surface area contributed by atoms with Crippen LogP contribution in [0.15, 0.2) is 36.5 Å². The minimum absolute atomic E-state index is 0.0224. The Kier molecular flexibility index (Phi) is 54.1. The number of carbonyl (C=O) groups excluding carboxylic acids is 2. The Labute approximate surface area is 411 Å². The quantitative estimate of drug-likeness (QED) is 0.0321. The molecule has 66 heavy (non-hydrogen) atoms. The summed E-state index contributed by atoms with van der Waals surface area (Å²) in [4.78, 5) is 24.6. The van der Waals surface area contributed by atoms with Gasteiger partial charge in [0.2, 0.25) is 5.91 Å². The van der Waals surface area contributed by atoms with Crippen LogP contribution >= 0.6 is 0 Å². The Bertz CT molecular complexity index is 1070. The summed E-state index contributed by atoms with van der Waals surface area (Å²) in [7, 11) is 0. The highest BCUT2D eigenvalue weighted by Crippen LogP contribution is 2.17.